The molecule has 1 saturated heterocycles. The SMILES string of the molecule is FC(F)(F)c1nnc2ccc(N3CCN(Cc4csnn4)CC3)nn12. The maximum Gasteiger partial charge on any atom is 0.453 e. The summed E-state index contributed by atoms with van der Waals surface area (Å²) in [6.07, 6.45) is -4.59. The maximum atomic E-state index is 13.0. The van der Waals surface area contributed by atoms with Gasteiger partial charge in [0.25, 0.3) is 5.82 Å². The Morgan fingerprint density at radius 2 is 1.84 bits per heavy atom. The summed E-state index contributed by atoms with van der Waals surface area (Å²) in [7, 11) is 0. The minimum atomic E-state index is -4.59. The molecule has 12 heteroatoms. The number of aromatic nitrogens is 6. The monoisotopic (exact) mass is 370 g/mol. The quantitative estimate of drug-likeness (QED) is 0.688. The summed E-state index contributed by atoms with van der Waals surface area (Å²) in [4.78, 5) is 4.18. The highest BCUT2D eigenvalue weighted by Gasteiger charge is 2.37. The topological polar surface area (TPSA) is 75.3 Å². The van der Waals surface area contributed by atoms with Gasteiger partial charge in [-0.3, -0.25) is 4.90 Å². The zero-order valence-electron chi connectivity index (χ0n) is 12.9. The van der Waals surface area contributed by atoms with Gasteiger partial charge in [-0.15, -0.1) is 20.4 Å². The van der Waals surface area contributed by atoms with Crippen molar-refractivity contribution in [3.63, 3.8) is 0 Å². The first kappa shape index (κ1) is 16.1. The minimum Gasteiger partial charge on any atom is -0.353 e. The van der Waals surface area contributed by atoms with Gasteiger partial charge in [-0.25, -0.2) is 0 Å². The Kier molecular flexibility index (Phi) is 4.00. The lowest BCUT2D eigenvalue weighted by Gasteiger charge is -2.34. The molecule has 1 aliphatic rings. The van der Waals surface area contributed by atoms with Crippen LogP contribution in [-0.4, -0.2) is 60.5 Å². The molecule has 0 aromatic carbocycles. The summed E-state index contributed by atoms with van der Waals surface area (Å²) in [6, 6.07) is 3.17. The fourth-order valence-electron chi connectivity index (χ4n) is 2.74. The van der Waals surface area contributed by atoms with Crippen LogP contribution < -0.4 is 4.90 Å². The predicted molar refractivity (Wildman–Crippen MR) is 83.2 cm³/mol. The van der Waals surface area contributed by atoms with Gasteiger partial charge in [0.15, 0.2) is 5.65 Å². The maximum absolute atomic E-state index is 13.0. The van der Waals surface area contributed by atoms with E-state index in [0.717, 1.165) is 29.8 Å². The summed E-state index contributed by atoms with van der Waals surface area (Å²) in [6.45, 7) is 3.59. The predicted octanol–water partition coefficient (Wildman–Crippen LogP) is 1.32. The molecular weight excluding hydrogens is 357 g/mol. The summed E-state index contributed by atoms with van der Waals surface area (Å²) < 4.78 is 43.5. The molecule has 25 heavy (non-hydrogen) atoms. The summed E-state index contributed by atoms with van der Waals surface area (Å²) in [5, 5.41) is 16.7. The van der Waals surface area contributed by atoms with E-state index in [1.165, 1.54) is 17.6 Å². The number of halogens is 3. The third-order valence-corrected chi connectivity index (χ3v) is 4.54. The normalized spacial score (nSPS) is 16.7. The molecule has 4 rings (SSSR count). The average molecular weight is 370 g/mol. The molecule has 0 radical (unpaired) electrons. The largest absolute Gasteiger partial charge is 0.453 e. The van der Waals surface area contributed by atoms with Crippen LogP contribution in [-0.2, 0) is 12.7 Å². The zero-order chi connectivity index (χ0) is 17.4. The number of rotatable bonds is 3. The summed E-state index contributed by atoms with van der Waals surface area (Å²) in [5.41, 5.74) is 1.00. The molecule has 0 atom stereocenters. The first-order valence-corrected chi connectivity index (χ1v) is 8.37. The number of anilines is 1. The summed E-state index contributed by atoms with van der Waals surface area (Å²) in [5.74, 6) is -0.633. The van der Waals surface area contributed by atoms with E-state index in [9.17, 15) is 13.2 Å². The van der Waals surface area contributed by atoms with Gasteiger partial charge in [-0.2, -0.15) is 17.7 Å². The van der Waals surface area contributed by atoms with Crippen molar-refractivity contribution >= 4 is 23.0 Å². The minimum absolute atomic E-state index is 0.0748. The standard InChI is InChI=1S/C13H13F3N8S/c14-13(15,16)12-19-18-10-1-2-11(20-24(10)12)23-5-3-22(4-6-23)7-9-8-25-21-17-9/h1-2,8H,3-7H2. The molecule has 0 amide bonds. The second kappa shape index (κ2) is 6.19. The lowest BCUT2D eigenvalue weighted by Crippen LogP contribution is -2.46. The highest BCUT2D eigenvalue weighted by molar-refractivity contribution is 7.03. The molecule has 3 aromatic rings. The van der Waals surface area contributed by atoms with E-state index in [2.05, 4.69) is 29.8 Å². The molecule has 0 N–H and O–H groups in total. The highest BCUT2D eigenvalue weighted by atomic mass is 32.1. The van der Waals surface area contributed by atoms with Crippen LogP contribution in [0.15, 0.2) is 17.5 Å². The van der Waals surface area contributed by atoms with E-state index in [1.54, 1.807) is 6.07 Å². The number of hydrogen-bond acceptors (Lipinski definition) is 8. The van der Waals surface area contributed by atoms with E-state index >= 15 is 0 Å². The second-order valence-corrected chi connectivity index (χ2v) is 6.25. The lowest BCUT2D eigenvalue weighted by atomic mass is 10.3. The van der Waals surface area contributed by atoms with Crippen LogP contribution in [0.3, 0.4) is 0 Å². The van der Waals surface area contributed by atoms with Crippen LogP contribution in [0.4, 0.5) is 19.0 Å². The number of alkyl halides is 3. The van der Waals surface area contributed by atoms with Gasteiger partial charge in [0, 0.05) is 38.1 Å². The fourth-order valence-corrected chi connectivity index (χ4v) is 3.18. The molecule has 1 fully saturated rings. The molecule has 0 saturated carbocycles. The molecule has 0 unspecified atom stereocenters. The van der Waals surface area contributed by atoms with Gasteiger partial charge in [0.05, 0.1) is 5.69 Å². The molecule has 0 bridgehead atoms. The van der Waals surface area contributed by atoms with E-state index in [-0.39, 0.29) is 5.65 Å². The van der Waals surface area contributed by atoms with E-state index < -0.39 is 12.0 Å². The van der Waals surface area contributed by atoms with Crippen molar-refractivity contribution in [2.75, 3.05) is 31.1 Å². The van der Waals surface area contributed by atoms with Crippen LogP contribution in [0.2, 0.25) is 0 Å². The van der Waals surface area contributed by atoms with Crippen LogP contribution in [0.5, 0.6) is 0 Å². The van der Waals surface area contributed by atoms with Crippen LogP contribution in [0, 0.1) is 0 Å². The first-order valence-electron chi connectivity index (χ1n) is 7.53. The Bertz CT molecular complexity index is 854. The van der Waals surface area contributed by atoms with E-state index in [0.29, 0.717) is 18.9 Å². The van der Waals surface area contributed by atoms with Gasteiger partial charge < -0.3 is 4.90 Å². The first-order chi connectivity index (χ1) is 12.0. The highest BCUT2D eigenvalue weighted by Crippen LogP contribution is 2.28. The average Bonchev–Trinajstić information content (AvgIpc) is 3.23. The van der Waals surface area contributed by atoms with Gasteiger partial charge in [-0.1, -0.05) is 4.49 Å². The third-order valence-electron chi connectivity index (χ3n) is 3.99. The van der Waals surface area contributed by atoms with Crippen LogP contribution >= 0.6 is 11.5 Å². The Morgan fingerprint density at radius 3 is 2.52 bits per heavy atom. The number of piperazine rings is 1. The Labute approximate surface area is 144 Å². The second-order valence-electron chi connectivity index (χ2n) is 5.64. The van der Waals surface area contributed by atoms with Crippen LogP contribution in [0.25, 0.3) is 5.65 Å². The van der Waals surface area contributed by atoms with Crippen molar-refractivity contribution in [2.45, 2.75) is 12.7 Å². The van der Waals surface area contributed by atoms with Gasteiger partial charge in [0.2, 0.25) is 0 Å². The molecule has 0 aliphatic carbocycles. The van der Waals surface area contributed by atoms with Crippen LogP contribution in [0.1, 0.15) is 11.5 Å². The van der Waals surface area contributed by atoms with Crippen molar-refractivity contribution in [3.05, 3.63) is 29.0 Å². The molecule has 4 heterocycles. The van der Waals surface area contributed by atoms with Crippen molar-refractivity contribution in [3.8, 4) is 0 Å². The van der Waals surface area contributed by atoms with E-state index in [1.807, 2.05) is 10.3 Å². The van der Waals surface area contributed by atoms with Crippen molar-refractivity contribution < 1.29 is 13.2 Å². The number of nitrogens with zero attached hydrogens (tertiary/aromatic N) is 8. The molecule has 1 aliphatic heterocycles. The van der Waals surface area contributed by atoms with Gasteiger partial charge >= 0.3 is 6.18 Å². The Balaban J connectivity index is 1.49. The van der Waals surface area contributed by atoms with Gasteiger partial charge in [0.1, 0.15) is 5.82 Å². The number of fused-ring (bicyclic) bond motifs is 1. The summed E-state index contributed by atoms with van der Waals surface area (Å²) >= 11 is 1.32. The van der Waals surface area contributed by atoms with E-state index in [4.69, 9.17) is 0 Å². The zero-order valence-corrected chi connectivity index (χ0v) is 13.7. The van der Waals surface area contributed by atoms with Gasteiger partial charge in [-0.05, 0) is 23.7 Å². The van der Waals surface area contributed by atoms with Crippen molar-refractivity contribution in [1.29, 1.82) is 0 Å². The van der Waals surface area contributed by atoms with Crippen molar-refractivity contribution in [2.24, 2.45) is 0 Å². The molecule has 132 valence electrons. The molecule has 0 spiro atoms. The molecule has 3 aromatic heterocycles. The molecule has 8 nitrogen and oxygen atoms in total. The third kappa shape index (κ3) is 3.26. The molecular formula is C13H13F3N8S. The Hall–Kier alpha value is -2.34. The number of hydrogen-bond donors (Lipinski definition) is 0. The van der Waals surface area contributed by atoms with Crippen molar-refractivity contribution in [1.82, 2.24) is 34.3 Å². The smallest absolute Gasteiger partial charge is 0.353 e. The fraction of sp³-hybridized carbons (Fsp3) is 0.462. The lowest BCUT2D eigenvalue weighted by molar-refractivity contribution is -0.146. The Morgan fingerprint density at radius 1 is 1.04 bits per heavy atom.